The number of halogens is 3. The number of nitrogens with one attached hydrogen (secondary N) is 1. The van der Waals surface area contributed by atoms with Gasteiger partial charge in [0.25, 0.3) is 0 Å². The van der Waals surface area contributed by atoms with E-state index in [1.165, 1.54) is 0 Å². The van der Waals surface area contributed by atoms with E-state index in [0.717, 1.165) is 65.0 Å². The summed E-state index contributed by atoms with van der Waals surface area (Å²) in [6, 6.07) is 54.9. The number of sulfonamides is 1. The van der Waals surface area contributed by atoms with Gasteiger partial charge in [-0.1, -0.05) is 146 Å². The van der Waals surface area contributed by atoms with Crippen molar-refractivity contribution in [1.29, 1.82) is 0 Å². The molecule has 0 unspecified atom stereocenters. The van der Waals surface area contributed by atoms with Crippen LogP contribution in [0.4, 0.5) is 13.2 Å². The molecule has 11 heteroatoms. The Morgan fingerprint density at radius 3 is 1.00 bits per heavy atom. The lowest BCUT2D eigenvalue weighted by atomic mass is 9.83. The first-order valence-electron chi connectivity index (χ1n) is 19.0. The Hall–Kier alpha value is -6.29. The monoisotopic (exact) mass is 847 g/mol. The fourth-order valence-electron chi connectivity index (χ4n) is 8.82. The van der Waals surface area contributed by atoms with Crippen LogP contribution in [-0.2, 0) is 21.8 Å². The molecule has 11 rings (SSSR count). The first-order valence-corrected chi connectivity index (χ1v) is 23.1. The van der Waals surface area contributed by atoms with Crippen molar-refractivity contribution in [1.82, 2.24) is 4.49 Å². The first kappa shape index (κ1) is 36.8. The van der Waals surface area contributed by atoms with Crippen molar-refractivity contribution in [3.63, 3.8) is 0 Å². The van der Waals surface area contributed by atoms with Gasteiger partial charge in [-0.3, -0.25) is 0 Å². The highest BCUT2D eigenvalue weighted by Crippen LogP contribution is 2.63. The van der Waals surface area contributed by atoms with E-state index in [0.29, 0.717) is 33.0 Å². The molecule has 292 valence electrons. The fraction of sp³-hybridized carbons (Fsp3) is 0.0204. The summed E-state index contributed by atoms with van der Waals surface area (Å²) in [4.78, 5) is 0. The summed E-state index contributed by atoms with van der Waals surface area (Å²) in [6.07, 6.45) is 0. The summed E-state index contributed by atoms with van der Waals surface area (Å²) in [6.45, 7) is -4.76. The summed E-state index contributed by atoms with van der Waals surface area (Å²) in [5, 5.41) is 10.1. The third-order valence-electron chi connectivity index (χ3n) is 11.3. The molecule has 5 nitrogen and oxygen atoms in total. The zero-order valence-corrected chi connectivity index (χ0v) is 33.7. The average Bonchev–Trinajstić information content (AvgIpc) is 3.38. The second-order valence-corrected chi connectivity index (χ2v) is 19.8. The van der Waals surface area contributed by atoms with Crippen molar-refractivity contribution in [2.24, 2.45) is 0 Å². The fourth-order valence-corrected chi connectivity index (χ4v) is 12.9. The second-order valence-electron chi connectivity index (χ2n) is 14.8. The molecule has 0 saturated heterocycles. The molecule has 0 aromatic heterocycles. The zero-order valence-electron chi connectivity index (χ0n) is 31.2. The number of hydrogen-bond donors (Lipinski definition) is 1. The van der Waals surface area contributed by atoms with Gasteiger partial charge in [-0.15, -0.1) is 4.49 Å². The molecule has 1 aliphatic heterocycles. The lowest BCUT2D eigenvalue weighted by molar-refractivity contribution is -0.0442. The summed E-state index contributed by atoms with van der Waals surface area (Å²) < 4.78 is 85.2. The van der Waals surface area contributed by atoms with E-state index in [4.69, 9.17) is 20.9 Å². The van der Waals surface area contributed by atoms with Crippen molar-refractivity contribution < 1.29 is 30.6 Å². The lowest BCUT2D eigenvalue weighted by Gasteiger charge is -2.25. The maximum absolute atomic E-state index is 14.5. The highest BCUT2D eigenvalue weighted by Gasteiger charge is 2.51. The minimum absolute atomic E-state index is 0.104. The van der Waals surface area contributed by atoms with Crippen LogP contribution in [0.25, 0.3) is 98.0 Å². The van der Waals surface area contributed by atoms with Gasteiger partial charge in [0.15, 0.2) is 0 Å². The van der Waals surface area contributed by atoms with Gasteiger partial charge in [0.1, 0.15) is 11.5 Å². The largest absolute Gasteiger partial charge is 0.511 e. The van der Waals surface area contributed by atoms with Crippen LogP contribution >= 0.6 is 6.64 Å². The van der Waals surface area contributed by atoms with E-state index in [2.05, 4.69) is 12.1 Å². The molecule has 0 bridgehead atoms. The highest BCUT2D eigenvalue weighted by molar-refractivity contribution is 8.14. The maximum Gasteiger partial charge on any atom is 0.511 e. The molecule has 0 fully saturated rings. The predicted octanol–water partition coefficient (Wildman–Crippen LogP) is 14.0. The number of fused-ring (bicyclic) bond motifs is 11. The summed E-state index contributed by atoms with van der Waals surface area (Å²) in [5.41, 5.74) is -2.19. The Kier molecular flexibility index (Phi) is 8.19. The third-order valence-corrected chi connectivity index (χ3v) is 15.7. The molecule has 10 aromatic carbocycles. The second kappa shape index (κ2) is 13.4. The van der Waals surface area contributed by atoms with Crippen LogP contribution in [0.5, 0.6) is 11.5 Å². The van der Waals surface area contributed by atoms with Crippen LogP contribution < -0.4 is 13.5 Å². The van der Waals surface area contributed by atoms with Crippen molar-refractivity contribution in [3.05, 3.63) is 170 Å². The van der Waals surface area contributed by atoms with Crippen LogP contribution in [0.2, 0.25) is 0 Å². The molecule has 0 saturated carbocycles. The van der Waals surface area contributed by atoms with Gasteiger partial charge in [-0.25, -0.2) is 8.42 Å². The van der Waals surface area contributed by atoms with E-state index in [-0.39, 0.29) is 11.5 Å². The number of alkyl halides is 3. The van der Waals surface area contributed by atoms with E-state index >= 15 is 0 Å². The molecule has 60 heavy (non-hydrogen) atoms. The number of hydrogen-bond acceptors (Lipinski definition) is 5. The Bertz CT molecular complexity index is 3330. The van der Waals surface area contributed by atoms with Gasteiger partial charge in [0.2, 0.25) is 0 Å². The number of benzene rings is 10. The average molecular weight is 848 g/mol. The molecule has 0 aliphatic carbocycles. The summed E-state index contributed by atoms with van der Waals surface area (Å²) in [7, 11) is -6.11. The van der Waals surface area contributed by atoms with Gasteiger partial charge in [-0.2, -0.15) is 13.2 Å². The van der Waals surface area contributed by atoms with Crippen molar-refractivity contribution in [2.45, 2.75) is 5.51 Å². The molecule has 0 amide bonds. The maximum atomic E-state index is 14.5. The highest BCUT2D eigenvalue weighted by atomic mass is 32.5. The first-order chi connectivity index (χ1) is 29.0. The number of rotatable bonds is 4. The van der Waals surface area contributed by atoms with Gasteiger partial charge in [0.05, 0.1) is 0 Å². The SMILES string of the molecule is O=S(=O)(NP1(=S)Oc2c(-c3c4ccccc4cc4ccccc34)cc3ccccc3c2-c2c(c(-c3c4ccccc4cc4ccccc34)cc3ccccc23)O1)C(F)(F)F. The van der Waals surface area contributed by atoms with Gasteiger partial charge >= 0.3 is 22.2 Å². The molecule has 10 aromatic rings. The smallest absolute Gasteiger partial charge is 0.423 e. The topological polar surface area (TPSA) is 64.6 Å². The molecule has 1 aliphatic rings. The van der Waals surface area contributed by atoms with E-state index in [1.54, 1.807) is 4.49 Å². The normalized spacial score (nSPS) is 13.9. The molecule has 1 N–H and O–H groups in total. The van der Waals surface area contributed by atoms with Crippen molar-refractivity contribution in [2.75, 3.05) is 0 Å². The van der Waals surface area contributed by atoms with E-state index < -0.39 is 22.2 Å². The lowest BCUT2D eigenvalue weighted by Crippen LogP contribution is -2.36. The predicted molar refractivity (Wildman–Crippen MR) is 241 cm³/mol. The van der Waals surface area contributed by atoms with Crippen LogP contribution in [0.15, 0.2) is 170 Å². The van der Waals surface area contributed by atoms with Crippen LogP contribution in [-0.4, -0.2) is 13.9 Å². The third kappa shape index (κ3) is 5.70. The van der Waals surface area contributed by atoms with Gasteiger partial charge in [0, 0.05) is 45.2 Å². The van der Waals surface area contributed by atoms with Crippen LogP contribution in [0.3, 0.4) is 0 Å². The van der Waals surface area contributed by atoms with Crippen LogP contribution in [0, 0.1) is 0 Å². The molecule has 0 radical (unpaired) electrons. The summed E-state index contributed by atoms with van der Waals surface area (Å²) in [5.74, 6) is 0.208. The Morgan fingerprint density at radius 2 is 0.700 bits per heavy atom. The van der Waals surface area contributed by atoms with Gasteiger partial charge in [-0.05, 0) is 88.9 Å². The Balaban J connectivity index is 1.38. The molecular formula is C49H29F3NO4PS2. The van der Waals surface area contributed by atoms with E-state index in [9.17, 15) is 21.6 Å². The standard InChI is InChI=1S/C49H29F3NO4PS2/c50-49(51,52)60(54,55)53-58(59)56-47-41(43-35-19-7-1-13-29(35)25-30-14-2-8-20-36(30)43)27-33-17-5-11-23-39(33)45(47)46-40-24-12-6-18-34(40)28-42(48(46)57-58)44-37-21-9-3-15-31(37)26-32-16-4-10-22-38(32)44/h1-28H,(H,53,59). The zero-order chi connectivity index (χ0) is 41.0. The summed E-state index contributed by atoms with van der Waals surface area (Å²) >= 11 is 6.03. The molecule has 1 heterocycles. The molecule has 0 atom stereocenters. The van der Waals surface area contributed by atoms with Crippen LogP contribution in [0.1, 0.15) is 0 Å². The Labute approximate surface area is 346 Å². The van der Waals surface area contributed by atoms with Crippen molar-refractivity contribution >= 4 is 93.1 Å². The van der Waals surface area contributed by atoms with E-state index in [1.807, 2.05) is 158 Å². The molecule has 0 spiro atoms. The molecular weight excluding hydrogens is 819 g/mol. The quantitative estimate of drug-likeness (QED) is 0.141. The Morgan fingerprint density at radius 1 is 0.433 bits per heavy atom. The van der Waals surface area contributed by atoms with Gasteiger partial charge < -0.3 is 9.05 Å². The minimum Gasteiger partial charge on any atom is -0.423 e. The van der Waals surface area contributed by atoms with Crippen molar-refractivity contribution in [3.8, 4) is 44.9 Å². The minimum atomic E-state index is -6.11.